The molecular formula is C6H14N4O. The molecule has 0 saturated carbocycles. The molecule has 1 aliphatic rings. The van der Waals surface area contributed by atoms with Crippen LogP contribution in [-0.4, -0.2) is 32.3 Å². The lowest BCUT2D eigenvalue weighted by molar-refractivity contribution is 0.186. The van der Waals surface area contributed by atoms with Crippen LogP contribution in [0.15, 0.2) is 4.99 Å². The van der Waals surface area contributed by atoms with Gasteiger partial charge in [0, 0.05) is 13.1 Å². The van der Waals surface area contributed by atoms with Crippen molar-refractivity contribution >= 4 is 6.02 Å². The Morgan fingerprint density at radius 2 is 2.55 bits per heavy atom. The van der Waals surface area contributed by atoms with Gasteiger partial charge in [0.2, 0.25) is 0 Å². The van der Waals surface area contributed by atoms with E-state index in [0.717, 1.165) is 13.1 Å². The van der Waals surface area contributed by atoms with Gasteiger partial charge in [-0.1, -0.05) is 0 Å². The Hall–Kier alpha value is -0.810. The van der Waals surface area contributed by atoms with Gasteiger partial charge in [-0.15, -0.1) is 5.48 Å². The van der Waals surface area contributed by atoms with E-state index in [1.165, 1.54) is 0 Å². The molecule has 0 bridgehead atoms. The van der Waals surface area contributed by atoms with Crippen LogP contribution in [-0.2, 0) is 4.84 Å². The molecule has 0 aromatic carbocycles. The number of amidine groups is 1. The van der Waals surface area contributed by atoms with Crippen molar-refractivity contribution in [3.8, 4) is 0 Å². The summed E-state index contributed by atoms with van der Waals surface area (Å²) in [5.41, 5.74) is 2.79. The fourth-order valence-corrected chi connectivity index (χ4v) is 0.853. The lowest BCUT2D eigenvalue weighted by atomic mass is 10.5. The number of hydrogen-bond acceptors (Lipinski definition) is 4. The number of rotatable bonds is 3. The number of nitrogens with one attached hydrogen (secondary N) is 3. The Labute approximate surface area is 66.2 Å². The van der Waals surface area contributed by atoms with Gasteiger partial charge in [0.25, 0.3) is 0 Å². The molecule has 1 saturated heterocycles. The molecule has 1 fully saturated rings. The highest BCUT2D eigenvalue weighted by Crippen LogP contribution is 1.89. The summed E-state index contributed by atoms with van der Waals surface area (Å²) in [7, 11) is 1.89. The maximum atomic E-state index is 5.01. The zero-order chi connectivity index (χ0) is 8.10. The Morgan fingerprint density at radius 1 is 1.73 bits per heavy atom. The standard InChI is InChI=1S/C6H14N4O/c1-3-8-6-9-5(4-7-2)10-11-6/h5,7,10H,3-4H2,1-2H3,(H,8,9). The Bertz CT molecular complexity index is 148. The summed E-state index contributed by atoms with van der Waals surface area (Å²) in [6.07, 6.45) is 0.130. The second kappa shape index (κ2) is 4.15. The van der Waals surface area contributed by atoms with E-state index < -0.39 is 0 Å². The van der Waals surface area contributed by atoms with Crippen LogP contribution in [0.25, 0.3) is 0 Å². The van der Waals surface area contributed by atoms with Gasteiger partial charge in [0.05, 0.1) is 0 Å². The van der Waals surface area contributed by atoms with Crippen LogP contribution < -0.4 is 16.1 Å². The van der Waals surface area contributed by atoms with Crippen molar-refractivity contribution in [2.24, 2.45) is 4.99 Å². The van der Waals surface area contributed by atoms with E-state index in [1.807, 2.05) is 14.0 Å². The molecule has 0 radical (unpaired) electrons. The topological polar surface area (TPSA) is 57.7 Å². The van der Waals surface area contributed by atoms with E-state index in [0.29, 0.717) is 6.02 Å². The summed E-state index contributed by atoms with van der Waals surface area (Å²) >= 11 is 0. The van der Waals surface area contributed by atoms with E-state index >= 15 is 0 Å². The van der Waals surface area contributed by atoms with Gasteiger partial charge >= 0.3 is 6.02 Å². The summed E-state index contributed by atoms with van der Waals surface area (Å²) < 4.78 is 0. The molecular weight excluding hydrogens is 144 g/mol. The summed E-state index contributed by atoms with van der Waals surface area (Å²) in [6, 6.07) is 0.577. The van der Waals surface area contributed by atoms with Crippen LogP contribution >= 0.6 is 0 Å². The first-order chi connectivity index (χ1) is 5.36. The molecule has 0 amide bonds. The molecule has 1 unspecified atom stereocenters. The third kappa shape index (κ3) is 2.36. The van der Waals surface area contributed by atoms with Crippen LogP contribution in [0.5, 0.6) is 0 Å². The zero-order valence-electron chi connectivity index (χ0n) is 6.85. The number of aliphatic imine (C=N–C) groups is 1. The van der Waals surface area contributed by atoms with Crippen LogP contribution in [0.1, 0.15) is 6.92 Å². The first-order valence-corrected chi connectivity index (χ1v) is 3.74. The maximum absolute atomic E-state index is 5.01. The van der Waals surface area contributed by atoms with Gasteiger partial charge in [-0.2, -0.15) is 0 Å². The highest BCUT2D eigenvalue weighted by atomic mass is 16.7. The fourth-order valence-electron chi connectivity index (χ4n) is 0.853. The van der Waals surface area contributed by atoms with E-state index in [-0.39, 0.29) is 6.17 Å². The van der Waals surface area contributed by atoms with Gasteiger partial charge in [-0.3, -0.25) is 0 Å². The van der Waals surface area contributed by atoms with Crippen LogP contribution in [0, 0.1) is 0 Å². The molecule has 0 aromatic rings. The van der Waals surface area contributed by atoms with Crippen LogP contribution in [0.4, 0.5) is 0 Å². The third-order valence-electron chi connectivity index (χ3n) is 1.31. The number of hydrogen-bond donors (Lipinski definition) is 3. The van der Waals surface area contributed by atoms with Gasteiger partial charge < -0.3 is 15.5 Å². The van der Waals surface area contributed by atoms with E-state index in [1.54, 1.807) is 0 Å². The maximum Gasteiger partial charge on any atom is 0.306 e. The predicted molar refractivity (Wildman–Crippen MR) is 43.0 cm³/mol. The van der Waals surface area contributed by atoms with Crippen LogP contribution in [0.3, 0.4) is 0 Å². The second-order valence-electron chi connectivity index (χ2n) is 2.25. The lowest BCUT2D eigenvalue weighted by Gasteiger charge is -2.04. The number of nitrogens with zero attached hydrogens (tertiary/aromatic N) is 1. The van der Waals surface area contributed by atoms with Crippen molar-refractivity contribution in [1.82, 2.24) is 16.1 Å². The molecule has 0 spiro atoms. The van der Waals surface area contributed by atoms with Gasteiger partial charge in [0.1, 0.15) is 6.17 Å². The average Bonchev–Trinajstić information content (AvgIpc) is 2.38. The number of hydroxylamine groups is 1. The molecule has 0 aromatic heterocycles. The molecule has 64 valence electrons. The Morgan fingerprint density at radius 3 is 3.18 bits per heavy atom. The molecule has 1 rings (SSSR count). The molecule has 1 atom stereocenters. The van der Waals surface area contributed by atoms with Crippen molar-refractivity contribution in [3.05, 3.63) is 0 Å². The highest BCUT2D eigenvalue weighted by Gasteiger charge is 2.18. The second-order valence-corrected chi connectivity index (χ2v) is 2.25. The quantitative estimate of drug-likeness (QED) is 0.495. The lowest BCUT2D eigenvalue weighted by Crippen LogP contribution is -2.40. The normalized spacial score (nSPS) is 26.7. The summed E-state index contributed by atoms with van der Waals surface area (Å²) in [5, 5.41) is 6.06. The smallest absolute Gasteiger partial charge is 0.306 e. The molecule has 1 heterocycles. The summed E-state index contributed by atoms with van der Waals surface area (Å²) in [6.45, 7) is 3.50. The molecule has 5 heteroatoms. The van der Waals surface area contributed by atoms with Crippen molar-refractivity contribution < 1.29 is 4.84 Å². The summed E-state index contributed by atoms with van der Waals surface area (Å²) in [5.74, 6) is 0. The minimum atomic E-state index is 0.130. The third-order valence-corrected chi connectivity index (χ3v) is 1.31. The Balaban J connectivity index is 2.28. The molecule has 5 nitrogen and oxygen atoms in total. The zero-order valence-corrected chi connectivity index (χ0v) is 6.85. The molecule has 0 aliphatic carbocycles. The van der Waals surface area contributed by atoms with Crippen molar-refractivity contribution in [2.75, 3.05) is 20.1 Å². The van der Waals surface area contributed by atoms with Crippen molar-refractivity contribution in [1.29, 1.82) is 0 Å². The largest absolute Gasteiger partial charge is 0.369 e. The number of likely N-dealkylation sites (N-methyl/N-ethyl adjacent to an activating group) is 1. The van der Waals surface area contributed by atoms with Gasteiger partial charge in [-0.05, 0) is 14.0 Å². The summed E-state index contributed by atoms with van der Waals surface area (Å²) in [4.78, 5) is 9.06. The van der Waals surface area contributed by atoms with Gasteiger partial charge in [0.15, 0.2) is 0 Å². The van der Waals surface area contributed by atoms with Crippen molar-refractivity contribution in [2.45, 2.75) is 13.1 Å². The molecule has 1 aliphatic heterocycles. The minimum Gasteiger partial charge on any atom is -0.369 e. The Kier molecular flexibility index (Phi) is 3.13. The minimum absolute atomic E-state index is 0.130. The van der Waals surface area contributed by atoms with E-state index in [9.17, 15) is 0 Å². The average molecular weight is 158 g/mol. The highest BCUT2D eigenvalue weighted by molar-refractivity contribution is 5.74. The first kappa shape index (κ1) is 8.29. The molecule has 11 heavy (non-hydrogen) atoms. The first-order valence-electron chi connectivity index (χ1n) is 3.74. The van der Waals surface area contributed by atoms with Crippen LogP contribution in [0.2, 0.25) is 0 Å². The molecule has 3 N–H and O–H groups in total. The van der Waals surface area contributed by atoms with E-state index in [4.69, 9.17) is 4.84 Å². The monoisotopic (exact) mass is 158 g/mol. The van der Waals surface area contributed by atoms with Crippen molar-refractivity contribution in [3.63, 3.8) is 0 Å². The van der Waals surface area contributed by atoms with Gasteiger partial charge in [-0.25, -0.2) is 4.99 Å². The van der Waals surface area contributed by atoms with E-state index in [2.05, 4.69) is 21.1 Å². The SMILES string of the molecule is CCN=C1NC(CNC)NO1. The predicted octanol–water partition coefficient (Wildman–Crippen LogP) is -0.968. The fraction of sp³-hybridized carbons (Fsp3) is 0.833.